The second kappa shape index (κ2) is 6.16. The molecule has 2 aromatic rings. The Balaban J connectivity index is 2.20. The Bertz CT molecular complexity index is 490. The van der Waals surface area contributed by atoms with E-state index in [1.54, 1.807) is 0 Å². The van der Waals surface area contributed by atoms with Gasteiger partial charge in [0.15, 0.2) is 0 Å². The number of nitrogens with one attached hydrogen (secondary N) is 1. The smallest absolute Gasteiger partial charge is 0.0954 e. The molecule has 0 saturated carbocycles. The van der Waals surface area contributed by atoms with E-state index in [9.17, 15) is 0 Å². The van der Waals surface area contributed by atoms with Gasteiger partial charge in [-0.2, -0.15) is 0 Å². The molecule has 0 fully saturated rings. The highest BCUT2D eigenvalue weighted by molar-refractivity contribution is 9.10. The van der Waals surface area contributed by atoms with Crippen LogP contribution in [0.15, 0.2) is 41.3 Å². The van der Waals surface area contributed by atoms with Crippen LogP contribution in [0.25, 0.3) is 0 Å². The summed E-state index contributed by atoms with van der Waals surface area (Å²) in [6, 6.07) is 8.74. The topological polar surface area (TPSA) is 29.9 Å². The third-order valence-corrected chi connectivity index (χ3v) is 3.60. The van der Waals surface area contributed by atoms with Crippen molar-refractivity contribution in [3.63, 3.8) is 0 Å². The first-order chi connectivity index (χ1) is 8.72. The molecule has 0 saturated heterocycles. The number of imidazole rings is 1. The lowest BCUT2D eigenvalue weighted by Crippen LogP contribution is -2.17. The standard InChI is InChI=1S/C14H18BrN3/c1-3-16-8-14-9-17-10-18(14)11(2)12-4-6-13(15)7-5-12/h4-7,9-11,16H,3,8H2,1-2H3. The number of aromatic nitrogens is 2. The molecular formula is C14H18BrN3. The molecule has 18 heavy (non-hydrogen) atoms. The van der Waals surface area contributed by atoms with Gasteiger partial charge in [-0.1, -0.05) is 35.0 Å². The first-order valence-corrected chi connectivity index (χ1v) is 6.98. The average molecular weight is 308 g/mol. The zero-order valence-corrected chi connectivity index (χ0v) is 12.3. The maximum Gasteiger partial charge on any atom is 0.0954 e. The van der Waals surface area contributed by atoms with Crippen LogP contribution in [0.3, 0.4) is 0 Å². The summed E-state index contributed by atoms with van der Waals surface area (Å²) in [5.74, 6) is 0. The van der Waals surface area contributed by atoms with E-state index >= 15 is 0 Å². The van der Waals surface area contributed by atoms with Crippen LogP contribution in [-0.2, 0) is 6.54 Å². The molecule has 1 unspecified atom stereocenters. The summed E-state index contributed by atoms with van der Waals surface area (Å²) in [4.78, 5) is 4.25. The van der Waals surface area contributed by atoms with Crippen molar-refractivity contribution in [1.82, 2.24) is 14.9 Å². The quantitative estimate of drug-likeness (QED) is 0.918. The number of benzene rings is 1. The molecule has 0 bridgehead atoms. The Morgan fingerprint density at radius 2 is 2.06 bits per heavy atom. The van der Waals surface area contributed by atoms with Crippen LogP contribution in [0.4, 0.5) is 0 Å². The van der Waals surface area contributed by atoms with E-state index in [1.165, 1.54) is 11.3 Å². The molecule has 1 aromatic carbocycles. The van der Waals surface area contributed by atoms with Crippen molar-refractivity contribution in [2.24, 2.45) is 0 Å². The second-order valence-corrected chi connectivity index (χ2v) is 5.22. The average Bonchev–Trinajstić information content (AvgIpc) is 2.84. The molecule has 0 spiro atoms. The predicted octanol–water partition coefficient (Wildman–Crippen LogP) is 3.36. The highest BCUT2D eigenvalue weighted by Gasteiger charge is 2.11. The Kier molecular flexibility index (Phi) is 4.55. The molecule has 0 radical (unpaired) electrons. The maximum absolute atomic E-state index is 4.25. The summed E-state index contributed by atoms with van der Waals surface area (Å²) >= 11 is 3.46. The molecule has 1 N–H and O–H groups in total. The van der Waals surface area contributed by atoms with Crippen LogP contribution in [0, 0.1) is 0 Å². The number of nitrogens with zero attached hydrogens (tertiary/aromatic N) is 2. The fourth-order valence-electron chi connectivity index (χ4n) is 1.97. The van der Waals surface area contributed by atoms with Gasteiger partial charge in [0.2, 0.25) is 0 Å². The third kappa shape index (κ3) is 3.00. The maximum atomic E-state index is 4.25. The second-order valence-electron chi connectivity index (χ2n) is 4.30. The summed E-state index contributed by atoms with van der Waals surface area (Å²) in [5.41, 5.74) is 2.50. The molecule has 0 amide bonds. The molecule has 1 atom stereocenters. The van der Waals surface area contributed by atoms with Gasteiger partial charge in [0, 0.05) is 17.2 Å². The number of hydrogen-bond donors (Lipinski definition) is 1. The van der Waals surface area contributed by atoms with Crippen LogP contribution in [0.1, 0.15) is 31.1 Å². The fourth-order valence-corrected chi connectivity index (χ4v) is 2.24. The third-order valence-electron chi connectivity index (χ3n) is 3.07. The fraction of sp³-hybridized carbons (Fsp3) is 0.357. The summed E-state index contributed by atoms with van der Waals surface area (Å²) in [6.45, 7) is 6.13. The van der Waals surface area contributed by atoms with Crippen LogP contribution in [0.2, 0.25) is 0 Å². The molecule has 4 heteroatoms. The molecule has 0 aliphatic carbocycles. The zero-order valence-electron chi connectivity index (χ0n) is 10.7. The summed E-state index contributed by atoms with van der Waals surface area (Å²) in [6.07, 6.45) is 3.83. The van der Waals surface area contributed by atoms with E-state index in [-0.39, 0.29) is 0 Å². The molecular weight excluding hydrogens is 290 g/mol. The van der Waals surface area contributed by atoms with E-state index in [1.807, 2.05) is 12.5 Å². The van der Waals surface area contributed by atoms with E-state index in [2.05, 4.69) is 68.9 Å². The van der Waals surface area contributed by atoms with Gasteiger partial charge in [0.1, 0.15) is 0 Å². The Morgan fingerprint density at radius 3 is 2.72 bits per heavy atom. The molecule has 2 rings (SSSR count). The van der Waals surface area contributed by atoms with Crippen LogP contribution in [0.5, 0.6) is 0 Å². The van der Waals surface area contributed by atoms with Crippen LogP contribution >= 0.6 is 15.9 Å². The van der Waals surface area contributed by atoms with Gasteiger partial charge in [-0.15, -0.1) is 0 Å². The number of hydrogen-bond acceptors (Lipinski definition) is 2. The largest absolute Gasteiger partial charge is 0.326 e. The normalized spacial score (nSPS) is 12.6. The summed E-state index contributed by atoms with van der Waals surface area (Å²) in [5, 5.41) is 3.34. The van der Waals surface area contributed by atoms with Gasteiger partial charge in [0.05, 0.1) is 18.1 Å². The number of halogens is 1. The lowest BCUT2D eigenvalue weighted by molar-refractivity contribution is 0.583. The molecule has 1 aromatic heterocycles. The van der Waals surface area contributed by atoms with Crippen molar-refractivity contribution in [1.29, 1.82) is 0 Å². The van der Waals surface area contributed by atoms with Gasteiger partial charge in [-0.3, -0.25) is 0 Å². The van der Waals surface area contributed by atoms with Crippen molar-refractivity contribution < 1.29 is 0 Å². The predicted molar refractivity (Wildman–Crippen MR) is 77.6 cm³/mol. The zero-order chi connectivity index (χ0) is 13.0. The first kappa shape index (κ1) is 13.3. The van der Waals surface area contributed by atoms with E-state index in [0.717, 1.165) is 17.6 Å². The van der Waals surface area contributed by atoms with Gasteiger partial charge in [-0.05, 0) is 31.2 Å². The Hall–Kier alpha value is -1.13. The highest BCUT2D eigenvalue weighted by Crippen LogP contribution is 2.21. The molecule has 0 aliphatic rings. The molecule has 96 valence electrons. The monoisotopic (exact) mass is 307 g/mol. The SMILES string of the molecule is CCNCc1cncn1C(C)c1ccc(Br)cc1. The van der Waals surface area contributed by atoms with E-state index in [4.69, 9.17) is 0 Å². The number of rotatable bonds is 5. The van der Waals surface area contributed by atoms with Crippen molar-refractivity contribution in [3.05, 3.63) is 52.5 Å². The summed E-state index contributed by atoms with van der Waals surface area (Å²) < 4.78 is 3.32. The van der Waals surface area contributed by atoms with Crippen molar-refractivity contribution in [2.45, 2.75) is 26.4 Å². The van der Waals surface area contributed by atoms with Crippen LogP contribution in [-0.4, -0.2) is 16.1 Å². The van der Waals surface area contributed by atoms with Crippen molar-refractivity contribution in [2.75, 3.05) is 6.54 Å². The minimum atomic E-state index is 0.300. The minimum Gasteiger partial charge on any atom is -0.326 e. The van der Waals surface area contributed by atoms with E-state index in [0.29, 0.717) is 6.04 Å². The lowest BCUT2D eigenvalue weighted by Gasteiger charge is -2.17. The minimum absolute atomic E-state index is 0.300. The van der Waals surface area contributed by atoms with Gasteiger partial charge >= 0.3 is 0 Å². The van der Waals surface area contributed by atoms with Gasteiger partial charge in [0.25, 0.3) is 0 Å². The van der Waals surface area contributed by atoms with E-state index < -0.39 is 0 Å². The highest BCUT2D eigenvalue weighted by atomic mass is 79.9. The lowest BCUT2D eigenvalue weighted by atomic mass is 10.1. The Labute approximate surface area is 116 Å². The first-order valence-electron chi connectivity index (χ1n) is 6.19. The van der Waals surface area contributed by atoms with Gasteiger partial charge < -0.3 is 9.88 Å². The van der Waals surface area contributed by atoms with Crippen molar-refractivity contribution in [3.8, 4) is 0 Å². The van der Waals surface area contributed by atoms with Gasteiger partial charge in [-0.25, -0.2) is 4.98 Å². The Morgan fingerprint density at radius 1 is 1.33 bits per heavy atom. The molecule has 1 heterocycles. The summed E-state index contributed by atoms with van der Waals surface area (Å²) in [7, 11) is 0. The molecule has 0 aliphatic heterocycles. The molecule has 3 nitrogen and oxygen atoms in total. The van der Waals surface area contributed by atoms with Crippen LogP contribution < -0.4 is 5.32 Å². The van der Waals surface area contributed by atoms with Crippen molar-refractivity contribution >= 4 is 15.9 Å².